The summed E-state index contributed by atoms with van der Waals surface area (Å²) >= 11 is 0. The number of hydrogen-bond donors (Lipinski definition) is 1. The van der Waals surface area contributed by atoms with E-state index in [0.717, 1.165) is 42.1 Å². The molecular weight excluding hydrogens is 329 g/mol. The first-order valence-corrected chi connectivity index (χ1v) is 9.14. The molecule has 1 saturated carbocycles. The molecule has 0 aliphatic heterocycles. The first-order valence-electron chi connectivity index (χ1n) is 9.14. The van der Waals surface area contributed by atoms with Gasteiger partial charge in [0.25, 0.3) is 0 Å². The zero-order valence-corrected chi connectivity index (χ0v) is 14.6. The van der Waals surface area contributed by atoms with Crippen LogP contribution in [0, 0.1) is 5.82 Å². The van der Waals surface area contributed by atoms with Gasteiger partial charge in [0.15, 0.2) is 0 Å². The lowest BCUT2D eigenvalue weighted by molar-refractivity contribution is -0.123. The lowest BCUT2D eigenvalue weighted by Crippen LogP contribution is -2.44. The number of hydrogen-bond acceptors (Lipinski definition) is 2. The molecule has 3 aromatic rings. The standard InChI is InChI=1S/C21H22FN3O/c22-18-8-5-7-17(14-18)21(11-3-4-12-21)24-20(26)10-13-25-19-9-2-1-6-16(19)15-23-25/h1-2,5-9,14-15H,3-4,10-13H2,(H,24,26). The zero-order chi connectivity index (χ0) is 18.0. The lowest BCUT2D eigenvalue weighted by atomic mass is 9.88. The number of benzene rings is 2. The van der Waals surface area contributed by atoms with Crippen LogP contribution in [0.2, 0.25) is 0 Å². The summed E-state index contributed by atoms with van der Waals surface area (Å²) in [5, 5.41) is 8.64. The van der Waals surface area contributed by atoms with Gasteiger partial charge in [0.05, 0.1) is 23.8 Å². The number of para-hydroxylation sites is 1. The van der Waals surface area contributed by atoms with E-state index in [1.807, 2.05) is 41.2 Å². The first kappa shape index (κ1) is 16.8. The van der Waals surface area contributed by atoms with Crippen LogP contribution >= 0.6 is 0 Å². The second-order valence-corrected chi connectivity index (χ2v) is 7.02. The molecule has 1 fully saturated rings. The summed E-state index contributed by atoms with van der Waals surface area (Å²) in [4.78, 5) is 12.6. The number of halogens is 1. The van der Waals surface area contributed by atoms with Gasteiger partial charge in [0, 0.05) is 11.8 Å². The maximum absolute atomic E-state index is 13.7. The van der Waals surface area contributed by atoms with Crippen molar-refractivity contribution in [3.05, 3.63) is 66.1 Å². The highest BCUT2D eigenvalue weighted by molar-refractivity contribution is 5.79. The van der Waals surface area contributed by atoms with Gasteiger partial charge in [-0.1, -0.05) is 43.2 Å². The average molecular weight is 351 g/mol. The molecular formula is C21H22FN3O. The van der Waals surface area contributed by atoms with Gasteiger partial charge in [0.2, 0.25) is 5.91 Å². The van der Waals surface area contributed by atoms with Crippen molar-refractivity contribution in [2.24, 2.45) is 0 Å². The Labute approximate surface area is 152 Å². The van der Waals surface area contributed by atoms with Crippen molar-refractivity contribution in [2.75, 3.05) is 0 Å². The van der Waals surface area contributed by atoms with E-state index in [2.05, 4.69) is 10.4 Å². The third-order valence-corrected chi connectivity index (χ3v) is 5.31. The Bertz CT molecular complexity index is 928. The van der Waals surface area contributed by atoms with E-state index >= 15 is 0 Å². The minimum absolute atomic E-state index is 0.0178. The molecule has 1 aliphatic carbocycles. The predicted molar refractivity (Wildman–Crippen MR) is 99.0 cm³/mol. The molecule has 0 spiro atoms. The zero-order valence-electron chi connectivity index (χ0n) is 14.6. The summed E-state index contributed by atoms with van der Waals surface area (Å²) < 4.78 is 15.5. The van der Waals surface area contributed by atoms with Crippen LogP contribution < -0.4 is 5.32 Å². The monoisotopic (exact) mass is 351 g/mol. The SMILES string of the molecule is O=C(CCn1ncc2ccccc21)NC1(c2cccc(F)c2)CCCC1. The van der Waals surface area contributed by atoms with Gasteiger partial charge < -0.3 is 5.32 Å². The van der Waals surface area contributed by atoms with Crippen molar-refractivity contribution in [1.82, 2.24) is 15.1 Å². The molecule has 5 heteroatoms. The van der Waals surface area contributed by atoms with Gasteiger partial charge in [0.1, 0.15) is 5.82 Å². The molecule has 1 N–H and O–H groups in total. The molecule has 1 amide bonds. The molecule has 4 nitrogen and oxygen atoms in total. The van der Waals surface area contributed by atoms with Gasteiger partial charge >= 0.3 is 0 Å². The lowest BCUT2D eigenvalue weighted by Gasteiger charge is -2.31. The number of rotatable bonds is 5. The molecule has 0 radical (unpaired) electrons. The number of carbonyl (C=O) groups is 1. The molecule has 0 unspecified atom stereocenters. The fraction of sp³-hybridized carbons (Fsp3) is 0.333. The van der Waals surface area contributed by atoms with E-state index in [0.29, 0.717) is 13.0 Å². The Morgan fingerprint density at radius 3 is 2.77 bits per heavy atom. The summed E-state index contributed by atoms with van der Waals surface area (Å²) in [7, 11) is 0. The van der Waals surface area contributed by atoms with Gasteiger partial charge in [-0.3, -0.25) is 9.48 Å². The van der Waals surface area contributed by atoms with Crippen molar-refractivity contribution in [3.63, 3.8) is 0 Å². The number of amides is 1. The van der Waals surface area contributed by atoms with Crippen LogP contribution in [0.5, 0.6) is 0 Å². The van der Waals surface area contributed by atoms with Gasteiger partial charge in [-0.2, -0.15) is 5.10 Å². The third-order valence-electron chi connectivity index (χ3n) is 5.31. The Morgan fingerprint density at radius 1 is 1.15 bits per heavy atom. The number of aryl methyl sites for hydroxylation is 1. The van der Waals surface area contributed by atoms with Crippen LogP contribution in [0.25, 0.3) is 10.9 Å². The second kappa shape index (κ2) is 6.90. The third kappa shape index (κ3) is 3.21. The van der Waals surface area contributed by atoms with Crippen LogP contribution in [0.3, 0.4) is 0 Å². The minimum Gasteiger partial charge on any atom is -0.347 e. The van der Waals surface area contributed by atoms with E-state index in [9.17, 15) is 9.18 Å². The average Bonchev–Trinajstić information content (AvgIpc) is 3.28. The van der Waals surface area contributed by atoms with Crippen LogP contribution in [-0.4, -0.2) is 15.7 Å². The summed E-state index contributed by atoms with van der Waals surface area (Å²) in [5.74, 6) is -0.276. The Kier molecular flexibility index (Phi) is 4.45. The maximum atomic E-state index is 13.7. The van der Waals surface area contributed by atoms with E-state index in [4.69, 9.17) is 0 Å². The molecule has 0 bridgehead atoms. The van der Waals surface area contributed by atoms with Crippen LogP contribution in [-0.2, 0) is 16.9 Å². The number of nitrogens with zero attached hydrogens (tertiary/aromatic N) is 2. The predicted octanol–water partition coefficient (Wildman–Crippen LogP) is 4.15. The highest BCUT2D eigenvalue weighted by atomic mass is 19.1. The van der Waals surface area contributed by atoms with Gasteiger partial charge in [-0.05, 0) is 36.6 Å². The highest BCUT2D eigenvalue weighted by Gasteiger charge is 2.37. The quantitative estimate of drug-likeness (QED) is 0.750. The molecule has 4 rings (SSSR count). The minimum atomic E-state index is -0.439. The normalized spacial score (nSPS) is 16.0. The molecule has 1 aromatic heterocycles. The fourth-order valence-corrected chi connectivity index (χ4v) is 3.99. The molecule has 0 saturated heterocycles. The first-order chi connectivity index (χ1) is 12.7. The Balaban J connectivity index is 1.47. The van der Waals surface area contributed by atoms with Crippen molar-refractivity contribution >= 4 is 16.8 Å². The molecule has 26 heavy (non-hydrogen) atoms. The molecule has 134 valence electrons. The number of nitrogens with one attached hydrogen (secondary N) is 1. The largest absolute Gasteiger partial charge is 0.347 e. The number of fused-ring (bicyclic) bond motifs is 1. The van der Waals surface area contributed by atoms with Gasteiger partial charge in [-0.25, -0.2) is 4.39 Å². The number of carbonyl (C=O) groups excluding carboxylic acids is 1. The van der Waals surface area contributed by atoms with Crippen molar-refractivity contribution < 1.29 is 9.18 Å². The van der Waals surface area contributed by atoms with Crippen molar-refractivity contribution in [1.29, 1.82) is 0 Å². The van der Waals surface area contributed by atoms with Crippen LogP contribution in [0.15, 0.2) is 54.7 Å². The molecule has 1 aliphatic rings. The summed E-state index contributed by atoms with van der Waals surface area (Å²) in [5.41, 5.74) is 1.46. The van der Waals surface area contributed by atoms with Gasteiger partial charge in [-0.15, -0.1) is 0 Å². The maximum Gasteiger partial charge on any atom is 0.222 e. The Morgan fingerprint density at radius 2 is 1.96 bits per heavy atom. The van der Waals surface area contributed by atoms with E-state index in [1.165, 1.54) is 6.07 Å². The molecule has 2 aromatic carbocycles. The molecule has 1 heterocycles. The van der Waals surface area contributed by atoms with E-state index < -0.39 is 5.54 Å². The van der Waals surface area contributed by atoms with E-state index in [1.54, 1.807) is 12.1 Å². The molecule has 0 atom stereocenters. The fourth-order valence-electron chi connectivity index (χ4n) is 3.99. The smallest absolute Gasteiger partial charge is 0.222 e. The van der Waals surface area contributed by atoms with E-state index in [-0.39, 0.29) is 11.7 Å². The summed E-state index contributed by atoms with van der Waals surface area (Å²) in [6.07, 6.45) is 5.96. The second-order valence-electron chi connectivity index (χ2n) is 7.02. The summed E-state index contributed by atoms with van der Waals surface area (Å²) in [6, 6.07) is 14.6. The Hall–Kier alpha value is -2.69. The summed E-state index contributed by atoms with van der Waals surface area (Å²) in [6.45, 7) is 0.526. The topological polar surface area (TPSA) is 46.9 Å². The van der Waals surface area contributed by atoms with Crippen molar-refractivity contribution in [2.45, 2.75) is 44.2 Å². The van der Waals surface area contributed by atoms with Crippen LogP contribution in [0.1, 0.15) is 37.7 Å². The van der Waals surface area contributed by atoms with Crippen molar-refractivity contribution in [3.8, 4) is 0 Å². The number of aromatic nitrogens is 2. The highest BCUT2D eigenvalue weighted by Crippen LogP contribution is 2.39. The van der Waals surface area contributed by atoms with Crippen LogP contribution in [0.4, 0.5) is 4.39 Å².